The molecule has 0 atom stereocenters. The van der Waals surface area contributed by atoms with Gasteiger partial charge in [-0.15, -0.1) is 11.3 Å². The number of amides is 1. The van der Waals surface area contributed by atoms with Gasteiger partial charge in [-0.1, -0.05) is 19.3 Å². The number of rotatable bonds is 6. The van der Waals surface area contributed by atoms with Crippen LogP contribution in [0.2, 0.25) is 0 Å². The highest BCUT2D eigenvalue weighted by Crippen LogP contribution is 2.35. The van der Waals surface area contributed by atoms with Crippen molar-refractivity contribution in [3.05, 3.63) is 65.9 Å². The second-order valence-electron chi connectivity index (χ2n) is 10.6. The number of anilines is 1. The minimum absolute atomic E-state index is 0.0526. The number of thiophene rings is 1. The third-order valence-electron chi connectivity index (χ3n) is 7.70. The van der Waals surface area contributed by atoms with Crippen molar-refractivity contribution in [3.63, 3.8) is 0 Å². The number of aromatic nitrogens is 6. The molecule has 0 aliphatic heterocycles. The third kappa shape index (κ3) is 4.77. The van der Waals surface area contributed by atoms with E-state index in [1.807, 2.05) is 30.5 Å². The van der Waals surface area contributed by atoms with Gasteiger partial charge < -0.3 is 10.3 Å². The monoisotopic (exact) mass is 547 g/mol. The van der Waals surface area contributed by atoms with Crippen LogP contribution in [0.3, 0.4) is 0 Å². The van der Waals surface area contributed by atoms with E-state index in [0.29, 0.717) is 18.0 Å². The Morgan fingerprint density at radius 3 is 2.77 bits per heavy atom. The molecule has 0 spiro atoms. The van der Waals surface area contributed by atoms with Gasteiger partial charge in [0.2, 0.25) is 5.91 Å². The molecule has 8 nitrogen and oxygen atoms in total. The van der Waals surface area contributed by atoms with Crippen molar-refractivity contribution in [1.29, 1.82) is 0 Å². The van der Waals surface area contributed by atoms with Gasteiger partial charge in [-0.2, -0.15) is 5.10 Å². The fraction of sp³-hybridized carbons (Fsp3) is 0.258. The van der Waals surface area contributed by atoms with Crippen molar-refractivity contribution in [1.82, 2.24) is 30.1 Å². The topological polar surface area (TPSA) is 112 Å². The molecule has 0 bridgehead atoms. The third-order valence-corrected chi connectivity index (χ3v) is 8.71. The van der Waals surface area contributed by atoms with Gasteiger partial charge in [0.15, 0.2) is 0 Å². The molecule has 7 rings (SSSR count). The summed E-state index contributed by atoms with van der Waals surface area (Å²) < 4.78 is 0. The Balaban J connectivity index is 1.19. The molecule has 3 N–H and O–H groups in total. The number of aromatic amines is 2. The molecule has 1 fully saturated rings. The Morgan fingerprint density at radius 2 is 1.93 bits per heavy atom. The molecule has 1 aliphatic rings. The lowest BCUT2D eigenvalue weighted by Crippen LogP contribution is -2.18. The molecular weight excluding hydrogens is 518 g/mol. The van der Waals surface area contributed by atoms with E-state index in [0.717, 1.165) is 68.0 Å². The molecule has 40 heavy (non-hydrogen) atoms. The molecule has 0 saturated heterocycles. The number of hydrogen-bond donors (Lipinski definition) is 3. The lowest BCUT2D eigenvalue weighted by Gasteiger charge is -2.20. The van der Waals surface area contributed by atoms with Crippen LogP contribution in [-0.2, 0) is 4.79 Å². The zero-order valence-corrected chi connectivity index (χ0v) is 23.0. The maximum atomic E-state index is 12.7. The Hall–Kier alpha value is -4.37. The van der Waals surface area contributed by atoms with E-state index in [2.05, 4.69) is 55.6 Å². The van der Waals surface area contributed by atoms with Gasteiger partial charge in [0, 0.05) is 40.2 Å². The van der Waals surface area contributed by atoms with Crippen LogP contribution in [0.15, 0.2) is 61.1 Å². The summed E-state index contributed by atoms with van der Waals surface area (Å²) in [5.41, 5.74) is 7.46. The van der Waals surface area contributed by atoms with Gasteiger partial charge in [-0.25, -0.2) is 4.98 Å². The van der Waals surface area contributed by atoms with Gasteiger partial charge in [0.25, 0.3) is 0 Å². The van der Waals surface area contributed by atoms with Crippen LogP contribution in [0.4, 0.5) is 5.69 Å². The standard InChI is InChI=1S/C31H29N7OS/c1-18-7-10-27(40-18)29-22-15-26(35-24(22)11-12-33-29)31-30-25(37-38-31)9-8-23(36-30)20-14-21(17-32-16-20)34-28(39)13-19-5-3-2-4-6-19/h7-12,14-17,19,35H,2-6,13H2,1H3,(H,34,39)(H,37,38). The highest BCUT2D eigenvalue weighted by atomic mass is 32.1. The van der Waals surface area contributed by atoms with Gasteiger partial charge in [-0.3, -0.25) is 19.9 Å². The molecule has 0 unspecified atom stereocenters. The van der Waals surface area contributed by atoms with E-state index < -0.39 is 0 Å². The number of nitrogens with zero attached hydrogens (tertiary/aromatic N) is 4. The number of carbonyl (C=O) groups is 1. The first-order valence-corrected chi connectivity index (χ1v) is 14.6. The molecule has 0 radical (unpaired) electrons. The first kappa shape index (κ1) is 24.7. The second kappa shape index (κ2) is 10.3. The van der Waals surface area contributed by atoms with Crippen LogP contribution >= 0.6 is 11.3 Å². The van der Waals surface area contributed by atoms with E-state index in [1.165, 1.54) is 24.1 Å². The first-order chi connectivity index (χ1) is 19.6. The molecule has 1 saturated carbocycles. The van der Waals surface area contributed by atoms with E-state index in [9.17, 15) is 4.79 Å². The molecule has 1 aliphatic carbocycles. The summed E-state index contributed by atoms with van der Waals surface area (Å²) in [5, 5.41) is 11.8. The summed E-state index contributed by atoms with van der Waals surface area (Å²) in [4.78, 5) is 32.6. The summed E-state index contributed by atoms with van der Waals surface area (Å²) >= 11 is 1.73. The van der Waals surface area contributed by atoms with Crippen molar-refractivity contribution >= 4 is 44.9 Å². The lowest BCUT2D eigenvalue weighted by atomic mass is 9.87. The number of nitrogens with one attached hydrogen (secondary N) is 3. The summed E-state index contributed by atoms with van der Waals surface area (Å²) in [6.45, 7) is 2.10. The Kier molecular flexibility index (Phi) is 6.36. The number of fused-ring (bicyclic) bond motifs is 2. The van der Waals surface area contributed by atoms with Crippen molar-refractivity contribution in [2.45, 2.75) is 45.4 Å². The molecule has 9 heteroatoms. The van der Waals surface area contributed by atoms with Gasteiger partial charge >= 0.3 is 0 Å². The maximum Gasteiger partial charge on any atom is 0.224 e. The Bertz CT molecular complexity index is 1840. The largest absolute Gasteiger partial charge is 0.353 e. The van der Waals surface area contributed by atoms with Crippen LogP contribution in [0.25, 0.3) is 55.2 Å². The number of carbonyl (C=O) groups excluding carboxylic acids is 1. The summed E-state index contributed by atoms with van der Waals surface area (Å²) in [7, 11) is 0. The first-order valence-electron chi connectivity index (χ1n) is 13.8. The maximum absolute atomic E-state index is 12.7. The SMILES string of the molecule is Cc1ccc(-c2nccc3[nH]c(-c4n[nH]c5ccc(-c6cncc(NC(=O)CC7CCCCC7)c6)nc45)cc23)s1. The Labute approximate surface area is 235 Å². The average molecular weight is 548 g/mol. The van der Waals surface area contributed by atoms with Crippen LogP contribution in [-0.4, -0.2) is 36.0 Å². The van der Waals surface area contributed by atoms with Crippen molar-refractivity contribution in [3.8, 4) is 33.2 Å². The zero-order chi connectivity index (χ0) is 27.1. The number of aryl methyl sites for hydroxylation is 1. The van der Waals surface area contributed by atoms with E-state index in [-0.39, 0.29) is 5.91 Å². The van der Waals surface area contributed by atoms with Crippen LogP contribution in [0, 0.1) is 12.8 Å². The van der Waals surface area contributed by atoms with Crippen LogP contribution in [0.1, 0.15) is 43.4 Å². The smallest absolute Gasteiger partial charge is 0.224 e. The van der Waals surface area contributed by atoms with Crippen molar-refractivity contribution < 1.29 is 4.79 Å². The molecule has 6 heterocycles. The summed E-state index contributed by atoms with van der Waals surface area (Å²) in [6, 6.07) is 14.2. The van der Waals surface area contributed by atoms with Gasteiger partial charge in [0.1, 0.15) is 11.2 Å². The molecule has 6 aromatic heterocycles. The van der Waals surface area contributed by atoms with Crippen LogP contribution in [0.5, 0.6) is 0 Å². The Morgan fingerprint density at radius 1 is 1.02 bits per heavy atom. The highest BCUT2D eigenvalue weighted by molar-refractivity contribution is 7.15. The van der Waals surface area contributed by atoms with Crippen molar-refractivity contribution in [2.24, 2.45) is 5.92 Å². The number of hydrogen-bond acceptors (Lipinski definition) is 6. The normalized spacial score (nSPS) is 14.2. The zero-order valence-electron chi connectivity index (χ0n) is 22.2. The minimum atomic E-state index is 0.0526. The quantitative estimate of drug-likeness (QED) is 0.200. The minimum Gasteiger partial charge on any atom is -0.353 e. The predicted octanol–water partition coefficient (Wildman–Crippen LogP) is 7.51. The highest BCUT2D eigenvalue weighted by Gasteiger charge is 2.19. The number of pyridine rings is 3. The molecule has 0 aromatic carbocycles. The predicted molar refractivity (Wildman–Crippen MR) is 160 cm³/mol. The summed E-state index contributed by atoms with van der Waals surface area (Å²) in [5.74, 6) is 0.538. The summed E-state index contributed by atoms with van der Waals surface area (Å²) in [6.07, 6.45) is 11.9. The molecular formula is C31H29N7OS. The fourth-order valence-corrected chi connectivity index (χ4v) is 6.58. The lowest BCUT2D eigenvalue weighted by molar-refractivity contribution is -0.117. The van der Waals surface area contributed by atoms with Gasteiger partial charge in [-0.05, 0) is 68.1 Å². The van der Waals surface area contributed by atoms with Crippen molar-refractivity contribution in [2.75, 3.05) is 5.32 Å². The average Bonchev–Trinajstić information content (AvgIpc) is 3.71. The van der Waals surface area contributed by atoms with E-state index >= 15 is 0 Å². The second-order valence-corrected chi connectivity index (χ2v) is 11.9. The molecule has 1 amide bonds. The van der Waals surface area contributed by atoms with Crippen LogP contribution < -0.4 is 5.32 Å². The number of H-pyrrole nitrogens is 2. The molecule has 200 valence electrons. The van der Waals surface area contributed by atoms with E-state index in [1.54, 1.807) is 23.7 Å². The van der Waals surface area contributed by atoms with Gasteiger partial charge in [0.05, 0.1) is 39.4 Å². The fourth-order valence-electron chi connectivity index (χ4n) is 5.70. The van der Waals surface area contributed by atoms with E-state index in [4.69, 9.17) is 4.98 Å². The molecule has 6 aromatic rings.